The van der Waals surface area contributed by atoms with Gasteiger partial charge in [-0.3, -0.25) is 4.79 Å². The lowest BCUT2D eigenvalue weighted by Crippen LogP contribution is -2.35. The Hall–Kier alpha value is -1.43. The van der Waals surface area contributed by atoms with Gasteiger partial charge in [-0.05, 0) is 31.5 Å². The van der Waals surface area contributed by atoms with E-state index >= 15 is 0 Å². The summed E-state index contributed by atoms with van der Waals surface area (Å²) < 4.78 is 11.6. The quantitative estimate of drug-likeness (QED) is 0.320. The van der Waals surface area contributed by atoms with Crippen molar-refractivity contribution in [1.82, 2.24) is 5.32 Å². The van der Waals surface area contributed by atoms with Crippen LogP contribution in [-0.2, 0) is 11.3 Å². The highest BCUT2D eigenvalue weighted by Gasteiger charge is 2.11. The molecule has 0 saturated carbocycles. The number of rotatable bonds is 16. The lowest BCUT2D eigenvalue weighted by atomic mass is 10.1. The molecule has 160 valence electrons. The van der Waals surface area contributed by atoms with Crippen LogP contribution in [0.25, 0.3) is 0 Å². The Morgan fingerprint density at radius 1 is 1.14 bits per heavy atom. The van der Waals surface area contributed by atoms with Crippen LogP contribution in [0.4, 0.5) is 0 Å². The normalized spacial score (nSPS) is 12.4. The molecule has 28 heavy (non-hydrogen) atoms. The van der Waals surface area contributed by atoms with Crippen molar-refractivity contribution in [3.8, 4) is 5.75 Å². The fraction of sp³-hybridized carbons (Fsp3) is 0.696. The molecule has 2 N–H and O–H groups in total. The van der Waals surface area contributed by atoms with E-state index in [9.17, 15) is 9.90 Å². The van der Waals surface area contributed by atoms with Crippen molar-refractivity contribution in [2.24, 2.45) is 0 Å². The van der Waals surface area contributed by atoms with Gasteiger partial charge in [-0.1, -0.05) is 52.9 Å². The van der Waals surface area contributed by atoms with Crippen molar-refractivity contribution < 1.29 is 19.4 Å². The van der Waals surface area contributed by atoms with Gasteiger partial charge < -0.3 is 19.9 Å². The number of nitrogens with one attached hydrogen (secondary N) is 1. The minimum atomic E-state index is -0.591. The van der Waals surface area contributed by atoms with Gasteiger partial charge in [-0.15, -0.1) is 0 Å². The van der Waals surface area contributed by atoms with Crippen LogP contribution in [0.5, 0.6) is 5.75 Å². The summed E-state index contributed by atoms with van der Waals surface area (Å²) in [7, 11) is 0. The Kier molecular flexibility index (Phi) is 12.8. The van der Waals surface area contributed by atoms with Crippen LogP contribution in [0.1, 0.15) is 82.1 Å². The van der Waals surface area contributed by atoms with Crippen LogP contribution in [0, 0.1) is 0 Å². The number of aliphatic hydroxyl groups excluding tert-OH is 1. The van der Waals surface area contributed by atoms with E-state index in [4.69, 9.17) is 9.47 Å². The molecule has 0 heterocycles. The third kappa shape index (κ3) is 10.8. The van der Waals surface area contributed by atoms with Crippen LogP contribution in [0.15, 0.2) is 18.2 Å². The molecule has 5 nitrogen and oxygen atoms in total. The lowest BCUT2D eigenvalue weighted by Gasteiger charge is -2.17. The lowest BCUT2D eigenvalue weighted by molar-refractivity contribution is 0.0954. The van der Waals surface area contributed by atoms with Gasteiger partial charge in [0.2, 0.25) is 0 Å². The fourth-order valence-corrected chi connectivity index (χ4v) is 2.84. The molecule has 0 saturated heterocycles. The number of benzene rings is 1. The Labute approximate surface area is 170 Å². The van der Waals surface area contributed by atoms with Gasteiger partial charge in [0.1, 0.15) is 18.5 Å². The summed E-state index contributed by atoms with van der Waals surface area (Å²) in [6, 6.07) is 5.70. The number of unbranched alkanes of at least 4 members (excludes halogenated alkanes) is 5. The van der Waals surface area contributed by atoms with E-state index in [1.807, 2.05) is 19.9 Å². The van der Waals surface area contributed by atoms with Crippen LogP contribution in [0.3, 0.4) is 0 Å². The third-order valence-electron chi connectivity index (χ3n) is 4.56. The number of aliphatic hydroxyl groups is 1. The summed E-state index contributed by atoms with van der Waals surface area (Å²) >= 11 is 0. The maximum atomic E-state index is 11.7. The first-order valence-electron chi connectivity index (χ1n) is 10.7. The predicted molar refractivity (Wildman–Crippen MR) is 114 cm³/mol. The molecule has 0 fully saturated rings. The molecule has 1 unspecified atom stereocenters. The average Bonchev–Trinajstić information content (AvgIpc) is 2.67. The largest absolute Gasteiger partial charge is 0.490 e. The number of hydrogen-bond acceptors (Lipinski definition) is 5. The Morgan fingerprint density at radius 2 is 1.86 bits per heavy atom. The van der Waals surface area contributed by atoms with Crippen molar-refractivity contribution in [1.29, 1.82) is 0 Å². The minimum Gasteiger partial charge on any atom is -0.490 e. The Morgan fingerprint density at radius 3 is 2.54 bits per heavy atom. The molecule has 1 atom stereocenters. The highest BCUT2D eigenvalue weighted by atomic mass is 16.5. The predicted octanol–water partition coefficient (Wildman–Crippen LogP) is 4.50. The first-order chi connectivity index (χ1) is 13.4. The summed E-state index contributed by atoms with van der Waals surface area (Å²) in [5.74, 6) is 0.682. The van der Waals surface area contributed by atoms with Gasteiger partial charge in [0.05, 0.1) is 6.61 Å². The molecule has 0 aliphatic heterocycles. The van der Waals surface area contributed by atoms with Gasteiger partial charge in [0.15, 0.2) is 5.78 Å². The maximum Gasteiger partial charge on any atom is 0.159 e. The molecule has 0 spiro atoms. The van der Waals surface area contributed by atoms with Crippen molar-refractivity contribution in [3.05, 3.63) is 29.3 Å². The van der Waals surface area contributed by atoms with E-state index in [2.05, 4.69) is 12.2 Å². The molecular weight excluding hydrogens is 354 g/mol. The standard InChI is InChI=1S/C23H39NO4/c1-5-6-7-8-9-10-13-27-16-21-14-20(19(4)25)11-12-23(21)28-17-22(26)15-24-18(2)3/h11-12,14,18,22,24,26H,5-10,13,15-17H2,1-4H3. The molecule has 0 amide bonds. The average molecular weight is 394 g/mol. The number of hydrogen-bond donors (Lipinski definition) is 2. The number of ketones is 1. The smallest absolute Gasteiger partial charge is 0.159 e. The van der Waals surface area contributed by atoms with E-state index in [0.717, 1.165) is 12.0 Å². The third-order valence-corrected chi connectivity index (χ3v) is 4.56. The first kappa shape index (κ1) is 24.6. The molecule has 0 aliphatic carbocycles. The van der Waals surface area contributed by atoms with Crippen LogP contribution < -0.4 is 10.1 Å². The SMILES string of the molecule is CCCCCCCCOCc1cc(C(C)=O)ccc1OCC(O)CNC(C)C. The van der Waals surface area contributed by atoms with E-state index in [1.54, 1.807) is 19.1 Å². The monoisotopic (exact) mass is 393 g/mol. The van der Waals surface area contributed by atoms with E-state index in [0.29, 0.717) is 37.1 Å². The zero-order chi connectivity index (χ0) is 20.8. The van der Waals surface area contributed by atoms with Crippen LogP contribution in [-0.4, -0.2) is 42.8 Å². The minimum absolute atomic E-state index is 0.0184. The summed E-state index contributed by atoms with van der Waals surface area (Å²) in [5, 5.41) is 13.2. The van der Waals surface area contributed by atoms with Gasteiger partial charge in [-0.25, -0.2) is 0 Å². The molecule has 5 heteroatoms. The second kappa shape index (κ2) is 14.6. The maximum absolute atomic E-state index is 11.7. The van der Waals surface area contributed by atoms with Gasteiger partial charge in [-0.2, -0.15) is 0 Å². The van der Waals surface area contributed by atoms with Crippen LogP contribution >= 0.6 is 0 Å². The summed E-state index contributed by atoms with van der Waals surface area (Å²) in [4.78, 5) is 11.7. The van der Waals surface area contributed by atoms with Crippen LogP contribution in [0.2, 0.25) is 0 Å². The molecule has 0 aromatic heterocycles. The van der Waals surface area contributed by atoms with E-state index in [1.165, 1.54) is 32.1 Å². The summed E-state index contributed by atoms with van der Waals surface area (Å²) in [6.45, 7) is 9.63. The van der Waals surface area contributed by atoms with Gasteiger partial charge in [0, 0.05) is 30.3 Å². The molecule has 0 aliphatic rings. The number of Topliss-reactive ketones (excluding diaryl/α,β-unsaturated/α-hetero) is 1. The summed E-state index contributed by atoms with van der Waals surface area (Å²) in [6.07, 6.45) is 6.76. The zero-order valence-electron chi connectivity index (χ0n) is 18.1. The molecule has 1 aromatic rings. The second-order valence-corrected chi connectivity index (χ2v) is 7.73. The van der Waals surface area contributed by atoms with Gasteiger partial charge >= 0.3 is 0 Å². The summed E-state index contributed by atoms with van der Waals surface area (Å²) in [5.41, 5.74) is 1.50. The number of carbonyl (C=O) groups excluding carboxylic acids is 1. The van der Waals surface area contributed by atoms with Crippen molar-refractivity contribution >= 4 is 5.78 Å². The Bertz CT molecular complexity index is 560. The molecule has 1 rings (SSSR count). The van der Waals surface area contributed by atoms with E-state index < -0.39 is 6.10 Å². The van der Waals surface area contributed by atoms with E-state index in [-0.39, 0.29) is 12.4 Å². The number of ether oxygens (including phenoxy) is 2. The zero-order valence-corrected chi connectivity index (χ0v) is 18.1. The molecule has 0 radical (unpaired) electrons. The van der Waals surface area contributed by atoms with Crippen molar-refractivity contribution in [2.45, 2.75) is 85.0 Å². The fourth-order valence-electron chi connectivity index (χ4n) is 2.84. The Balaban J connectivity index is 2.51. The second-order valence-electron chi connectivity index (χ2n) is 7.73. The van der Waals surface area contributed by atoms with Crippen molar-refractivity contribution in [2.75, 3.05) is 19.8 Å². The topological polar surface area (TPSA) is 67.8 Å². The highest BCUT2D eigenvalue weighted by molar-refractivity contribution is 5.94. The first-order valence-corrected chi connectivity index (χ1v) is 10.7. The van der Waals surface area contributed by atoms with Crippen molar-refractivity contribution in [3.63, 3.8) is 0 Å². The molecular formula is C23H39NO4. The highest BCUT2D eigenvalue weighted by Crippen LogP contribution is 2.22. The molecule has 0 bridgehead atoms. The number of carbonyl (C=O) groups is 1. The van der Waals surface area contributed by atoms with Gasteiger partial charge in [0.25, 0.3) is 0 Å². The molecule has 1 aromatic carbocycles.